The molecule has 0 aliphatic carbocycles. The van der Waals surface area contributed by atoms with Crippen molar-refractivity contribution < 1.29 is 4.74 Å². The van der Waals surface area contributed by atoms with E-state index < -0.39 is 0 Å². The predicted octanol–water partition coefficient (Wildman–Crippen LogP) is 2.03. The molecule has 5 heteroatoms. The second kappa shape index (κ2) is 5.90. The van der Waals surface area contributed by atoms with Crippen LogP contribution in [0.2, 0.25) is 5.02 Å². The normalized spacial score (nSPS) is 10.0. The highest BCUT2D eigenvalue weighted by Gasteiger charge is 2.08. The summed E-state index contributed by atoms with van der Waals surface area (Å²) in [4.78, 5) is 0.292. The molecule has 0 aliphatic heterocycles. The molecule has 0 heterocycles. The Labute approximate surface area is 99.6 Å². The lowest BCUT2D eigenvalue weighted by atomic mass is 10.1. The summed E-state index contributed by atoms with van der Waals surface area (Å²) in [5, 5.41) is 3.72. The first-order valence-electron chi connectivity index (χ1n) is 4.48. The Balaban J connectivity index is 2.86. The highest BCUT2D eigenvalue weighted by Crippen LogP contribution is 2.23. The molecule has 0 amide bonds. The number of methoxy groups -OCH3 is 1. The van der Waals surface area contributed by atoms with Crippen LogP contribution < -0.4 is 11.1 Å². The van der Waals surface area contributed by atoms with Gasteiger partial charge in [0.05, 0.1) is 17.2 Å². The molecule has 15 heavy (non-hydrogen) atoms. The average Bonchev–Trinajstić information content (AvgIpc) is 2.17. The van der Waals surface area contributed by atoms with E-state index in [0.29, 0.717) is 28.7 Å². The first-order valence-corrected chi connectivity index (χ1v) is 5.26. The van der Waals surface area contributed by atoms with Gasteiger partial charge in [-0.25, -0.2) is 0 Å². The molecule has 0 saturated heterocycles. The fourth-order valence-electron chi connectivity index (χ4n) is 1.21. The monoisotopic (exact) mass is 244 g/mol. The highest BCUT2D eigenvalue weighted by molar-refractivity contribution is 7.80. The second-order valence-corrected chi connectivity index (χ2v) is 3.79. The molecule has 1 aromatic rings. The van der Waals surface area contributed by atoms with Crippen molar-refractivity contribution in [2.45, 2.75) is 0 Å². The Hall–Kier alpha value is -0.840. The van der Waals surface area contributed by atoms with E-state index in [2.05, 4.69) is 5.32 Å². The SMILES string of the molecule is COCCNc1cccc(Cl)c1C(N)=S. The van der Waals surface area contributed by atoms with E-state index in [1.807, 2.05) is 12.1 Å². The fraction of sp³-hybridized carbons (Fsp3) is 0.300. The van der Waals surface area contributed by atoms with Crippen LogP contribution in [0.15, 0.2) is 18.2 Å². The largest absolute Gasteiger partial charge is 0.389 e. The van der Waals surface area contributed by atoms with Crippen molar-refractivity contribution in [1.29, 1.82) is 0 Å². The molecule has 0 aromatic heterocycles. The number of anilines is 1. The Morgan fingerprint density at radius 3 is 2.93 bits per heavy atom. The van der Waals surface area contributed by atoms with E-state index in [4.69, 9.17) is 34.3 Å². The van der Waals surface area contributed by atoms with Gasteiger partial charge in [0, 0.05) is 19.3 Å². The lowest BCUT2D eigenvalue weighted by Gasteiger charge is -2.11. The number of ether oxygens (including phenoxy) is 1. The maximum Gasteiger partial charge on any atom is 0.107 e. The van der Waals surface area contributed by atoms with E-state index in [1.165, 1.54) is 0 Å². The molecule has 0 aliphatic rings. The maximum absolute atomic E-state index is 6.00. The summed E-state index contributed by atoms with van der Waals surface area (Å²) < 4.78 is 4.93. The van der Waals surface area contributed by atoms with Crippen molar-refractivity contribution in [3.63, 3.8) is 0 Å². The molecule has 0 saturated carbocycles. The van der Waals surface area contributed by atoms with Gasteiger partial charge in [0.25, 0.3) is 0 Å². The summed E-state index contributed by atoms with van der Waals surface area (Å²) in [6, 6.07) is 5.49. The minimum atomic E-state index is 0.292. The van der Waals surface area contributed by atoms with Gasteiger partial charge in [-0.05, 0) is 12.1 Å². The van der Waals surface area contributed by atoms with Crippen LogP contribution in [-0.4, -0.2) is 25.2 Å². The number of thiocarbonyl (C=S) groups is 1. The lowest BCUT2D eigenvalue weighted by Crippen LogP contribution is -2.15. The summed E-state index contributed by atoms with van der Waals surface area (Å²) in [5.74, 6) is 0. The molecule has 0 unspecified atom stereocenters. The molecule has 0 atom stereocenters. The van der Waals surface area contributed by atoms with Crippen LogP contribution in [0.1, 0.15) is 5.56 Å². The third-order valence-electron chi connectivity index (χ3n) is 1.88. The van der Waals surface area contributed by atoms with Crippen molar-refractivity contribution in [2.75, 3.05) is 25.6 Å². The predicted molar refractivity (Wildman–Crippen MR) is 67.7 cm³/mol. The average molecular weight is 245 g/mol. The molecule has 1 aromatic carbocycles. The molecule has 82 valence electrons. The highest BCUT2D eigenvalue weighted by atomic mass is 35.5. The van der Waals surface area contributed by atoms with Crippen molar-refractivity contribution in [2.24, 2.45) is 5.73 Å². The smallest absolute Gasteiger partial charge is 0.107 e. The third-order valence-corrected chi connectivity index (χ3v) is 2.40. The summed E-state index contributed by atoms with van der Waals surface area (Å²) in [7, 11) is 1.65. The van der Waals surface area contributed by atoms with Crippen molar-refractivity contribution in [3.05, 3.63) is 28.8 Å². The number of nitrogens with one attached hydrogen (secondary N) is 1. The van der Waals surface area contributed by atoms with Crippen LogP contribution >= 0.6 is 23.8 Å². The summed E-state index contributed by atoms with van der Waals surface area (Å²) >= 11 is 10.9. The molecule has 3 nitrogen and oxygen atoms in total. The van der Waals surface area contributed by atoms with Crippen molar-refractivity contribution in [1.82, 2.24) is 0 Å². The molecular formula is C10H13ClN2OS. The maximum atomic E-state index is 6.00. The zero-order valence-electron chi connectivity index (χ0n) is 8.42. The number of hydrogen-bond acceptors (Lipinski definition) is 3. The molecule has 0 fully saturated rings. The van der Waals surface area contributed by atoms with Crippen LogP contribution in [0.5, 0.6) is 0 Å². The van der Waals surface area contributed by atoms with Gasteiger partial charge >= 0.3 is 0 Å². The van der Waals surface area contributed by atoms with E-state index in [1.54, 1.807) is 13.2 Å². The van der Waals surface area contributed by atoms with Gasteiger partial charge in [-0.2, -0.15) is 0 Å². The van der Waals surface area contributed by atoms with Crippen LogP contribution in [0.3, 0.4) is 0 Å². The molecule has 1 rings (SSSR count). The summed E-state index contributed by atoms with van der Waals surface area (Å²) in [6.07, 6.45) is 0. The van der Waals surface area contributed by atoms with E-state index in [0.717, 1.165) is 5.69 Å². The topological polar surface area (TPSA) is 47.3 Å². The summed E-state index contributed by atoms with van der Waals surface area (Å²) in [5.41, 5.74) is 7.12. The lowest BCUT2D eigenvalue weighted by molar-refractivity contribution is 0.211. The zero-order valence-corrected chi connectivity index (χ0v) is 9.99. The first-order chi connectivity index (χ1) is 7.16. The van der Waals surface area contributed by atoms with Crippen LogP contribution in [-0.2, 0) is 4.74 Å². The van der Waals surface area contributed by atoms with Gasteiger partial charge < -0.3 is 15.8 Å². The molecule has 0 radical (unpaired) electrons. The Kier molecular flexibility index (Phi) is 4.81. The molecule has 0 spiro atoms. The van der Waals surface area contributed by atoms with E-state index in [-0.39, 0.29) is 0 Å². The Bertz CT molecular complexity index is 357. The van der Waals surface area contributed by atoms with Crippen LogP contribution in [0, 0.1) is 0 Å². The zero-order chi connectivity index (χ0) is 11.3. The standard InChI is InChI=1S/C10H13ClN2OS/c1-14-6-5-13-8-4-2-3-7(11)9(8)10(12)15/h2-4,13H,5-6H2,1H3,(H2,12,15). The van der Waals surface area contributed by atoms with E-state index >= 15 is 0 Å². The van der Waals surface area contributed by atoms with Crippen molar-refractivity contribution in [3.8, 4) is 0 Å². The van der Waals surface area contributed by atoms with Gasteiger partial charge in [-0.15, -0.1) is 0 Å². The van der Waals surface area contributed by atoms with Crippen molar-refractivity contribution >= 4 is 34.5 Å². The number of nitrogens with two attached hydrogens (primary N) is 1. The quantitative estimate of drug-likeness (QED) is 0.615. The second-order valence-electron chi connectivity index (χ2n) is 2.95. The van der Waals surface area contributed by atoms with Gasteiger partial charge in [0.2, 0.25) is 0 Å². The van der Waals surface area contributed by atoms with Gasteiger partial charge in [-0.1, -0.05) is 29.9 Å². The van der Waals surface area contributed by atoms with Crippen LogP contribution in [0.25, 0.3) is 0 Å². The van der Waals surface area contributed by atoms with E-state index in [9.17, 15) is 0 Å². The Morgan fingerprint density at radius 2 is 2.33 bits per heavy atom. The minimum Gasteiger partial charge on any atom is -0.389 e. The van der Waals surface area contributed by atoms with Gasteiger partial charge in [0.1, 0.15) is 4.99 Å². The van der Waals surface area contributed by atoms with Crippen LogP contribution in [0.4, 0.5) is 5.69 Å². The fourth-order valence-corrected chi connectivity index (χ4v) is 1.76. The number of halogens is 1. The van der Waals surface area contributed by atoms with Gasteiger partial charge in [-0.3, -0.25) is 0 Å². The molecular weight excluding hydrogens is 232 g/mol. The number of hydrogen-bond donors (Lipinski definition) is 2. The number of rotatable bonds is 5. The summed E-state index contributed by atoms with van der Waals surface area (Å²) in [6.45, 7) is 1.30. The molecule has 0 bridgehead atoms. The van der Waals surface area contributed by atoms with Gasteiger partial charge in [0.15, 0.2) is 0 Å². The minimum absolute atomic E-state index is 0.292. The third kappa shape index (κ3) is 3.34. The number of benzene rings is 1. The Morgan fingerprint density at radius 1 is 1.60 bits per heavy atom. The molecule has 3 N–H and O–H groups in total. The first kappa shape index (κ1) is 12.2.